The lowest BCUT2D eigenvalue weighted by molar-refractivity contribution is 0.265. The van der Waals surface area contributed by atoms with E-state index in [1.54, 1.807) is 0 Å². The molecule has 0 heterocycles. The molecule has 1 fully saturated rings. The van der Waals surface area contributed by atoms with Crippen LogP contribution in [-0.4, -0.2) is 13.1 Å². The fraction of sp³-hybridized carbons (Fsp3) is 1.00. The molecule has 1 heteroatoms. The van der Waals surface area contributed by atoms with Gasteiger partial charge in [-0.15, -0.1) is 0 Å². The summed E-state index contributed by atoms with van der Waals surface area (Å²) in [6.45, 7) is 8.67. The van der Waals surface area contributed by atoms with Crippen LogP contribution in [0.15, 0.2) is 0 Å². The Bertz CT molecular complexity index is 116. The Labute approximate surface area is 84.3 Å². The van der Waals surface area contributed by atoms with Crippen LogP contribution >= 0.6 is 0 Å². The van der Waals surface area contributed by atoms with E-state index in [0.29, 0.717) is 5.41 Å². The Morgan fingerprint density at radius 3 is 2.00 bits per heavy atom. The van der Waals surface area contributed by atoms with Crippen LogP contribution in [0.3, 0.4) is 0 Å². The molecule has 0 bridgehead atoms. The zero-order valence-electron chi connectivity index (χ0n) is 10.1. The second kappa shape index (κ2) is 6.42. The van der Waals surface area contributed by atoms with E-state index in [9.17, 15) is 0 Å². The van der Waals surface area contributed by atoms with Crippen molar-refractivity contribution in [2.75, 3.05) is 7.05 Å². The quantitative estimate of drug-likeness (QED) is 0.708. The molecule has 1 nitrogen and oxygen atoms in total. The lowest BCUT2D eigenvalue weighted by atomic mass is 9.81. The summed E-state index contributed by atoms with van der Waals surface area (Å²) in [6, 6.07) is 0.801. The lowest BCUT2D eigenvalue weighted by Gasteiger charge is -2.25. The topological polar surface area (TPSA) is 12.0 Å². The smallest absolute Gasteiger partial charge is 0.00695 e. The van der Waals surface area contributed by atoms with Gasteiger partial charge in [-0.1, -0.05) is 40.5 Å². The van der Waals surface area contributed by atoms with Crippen molar-refractivity contribution in [2.45, 2.75) is 65.8 Å². The number of rotatable bonds is 3. The van der Waals surface area contributed by atoms with Crippen molar-refractivity contribution in [3.05, 3.63) is 0 Å². The molecule has 0 aromatic carbocycles. The first-order valence-electron chi connectivity index (χ1n) is 5.93. The second-order valence-corrected chi connectivity index (χ2v) is 3.94. The Morgan fingerprint density at radius 1 is 1.23 bits per heavy atom. The summed E-state index contributed by atoms with van der Waals surface area (Å²) in [7, 11) is 2.09. The maximum absolute atomic E-state index is 3.39. The number of hydrogen-bond donors (Lipinski definition) is 1. The fourth-order valence-corrected chi connectivity index (χ4v) is 2.35. The third-order valence-corrected chi connectivity index (χ3v) is 3.61. The first-order valence-corrected chi connectivity index (χ1v) is 5.93. The van der Waals surface area contributed by atoms with E-state index in [2.05, 4.69) is 26.2 Å². The third kappa shape index (κ3) is 3.30. The number of hydrogen-bond acceptors (Lipinski definition) is 1. The summed E-state index contributed by atoms with van der Waals surface area (Å²) in [6.07, 6.45) is 6.95. The second-order valence-electron chi connectivity index (χ2n) is 3.94. The molecule has 0 aliphatic heterocycles. The van der Waals surface area contributed by atoms with Crippen LogP contribution < -0.4 is 5.32 Å². The Hall–Kier alpha value is -0.0400. The van der Waals surface area contributed by atoms with Crippen LogP contribution in [0.5, 0.6) is 0 Å². The largest absolute Gasteiger partial charge is 0.317 e. The zero-order valence-corrected chi connectivity index (χ0v) is 10.1. The predicted molar refractivity (Wildman–Crippen MR) is 61.1 cm³/mol. The van der Waals surface area contributed by atoms with E-state index in [1.165, 1.54) is 32.1 Å². The van der Waals surface area contributed by atoms with Crippen LogP contribution in [0, 0.1) is 5.41 Å². The minimum Gasteiger partial charge on any atom is -0.317 e. The van der Waals surface area contributed by atoms with Crippen LogP contribution in [0.2, 0.25) is 0 Å². The van der Waals surface area contributed by atoms with Crippen molar-refractivity contribution in [2.24, 2.45) is 5.41 Å². The van der Waals surface area contributed by atoms with Crippen molar-refractivity contribution in [1.29, 1.82) is 0 Å². The van der Waals surface area contributed by atoms with Gasteiger partial charge in [0.05, 0.1) is 0 Å². The molecule has 1 aliphatic carbocycles. The summed E-state index contributed by atoms with van der Waals surface area (Å²) in [4.78, 5) is 0. The van der Waals surface area contributed by atoms with E-state index in [0.717, 1.165) is 6.04 Å². The van der Waals surface area contributed by atoms with E-state index in [4.69, 9.17) is 0 Å². The van der Waals surface area contributed by atoms with Gasteiger partial charge in [0, 0.05) is 6.04 Å². The van der Waals surface area contributed by atoms with Gasteiger partial charge in [0.1, 0.15) is 0 Å². The van der Waals surface area contributed by atoms with E-state index < -0.39 is 0 Å². The Balaban J connectivity index is 0.000000671. The highest BCUT2D eigenvalue weighted by Gasteiger charge is 2.34. The van der Waals surface area contributed by atoms with Crippen LogP contribution in [-0.2, 0) is 0 Å². The number of nitrogens with one attached hydrogen (secondary N) is 1. The Kier molecular flexibility index (Phi) is 6.40. The summed E-state index contributed by atoms with van der Waals surface area (Å²) in [5.74, 6) is 0. The molecule has 1 unspecified atom stereocenters. The maximum atomic E-state index is 3.39. The average molecular weight is 185 g/mol. The van der Waals surface area contributed by atoms with E-state index >= 15 is 0 Å². The molecule has 0 aromatic heterocycles. The first kappa shape index (κ1) is 13.0. The van der Waals surface area contributed by atoms with Crippen molar-refractivity contribution < 1.29 is 0 Å². The molecule has 0 saturated heterocycles. The van der Waals surface area contributed by atoms with Gasteiger partial charge in [0.2, 0.25) is 0 Å². The van der Waals surface area contributed by atoms with Gasteiger partial charge in [-0.05, 0) is 31.7 Å². The summed E-state index contributed by atoms with van der Waals surface area (Å²) in [5.41, 5.74) is 0.688. The first-order chi connectivity index (χ1) is 6.26. The van der Waals surface area contributed by atoms with Crippen LogP contribution in [0.4, 0.5) is 0 Å². The highest BCUT2D eigenvalue weighted by Crippen LogP contribution is 2.43. The highest BCUT2D eigenvalue weighted by atomic mass is 14.9. The van der Waals surface area contributed by atoms with E-state index in [-0.39, 0.29) is 0 Å². The third-order valence-electron chi connectivity index (χ3n) is 3.61. The van der Waals surface area contributed by atoms with Gasteiger partial charge in [0.15, 0.2) is 0 Å². The molecule has 0 amide bonds. The van der Waals surface area contributed by atoms with Gasteiger partial charge >= 0.3 is 0 Å². The minimum atomic E-state index is 0.688. The standard InChI is InChI=1S/C10H21N.C2H6/c1-4-10(5-2)7-6-9(8-10)11-3;1-2/h9,11H,4-8H2,1-3H3;1-2H3. The monoisotopic (exact) mass is 185 g/mol. The zero-order chi connectivity index (χ0) is 10.3. The predicted octanol–water partition coefficient (Wildman–Crippen LogP) is 3.59. The molecule has 1 saturated carbocycles. The van der Waals surface area contributed by atoms with Crippen LogP contribution in [0.1, 0.15) is 59.8 Å². The van der Waals surface area contributed by atoms with Gasteiger partial charge in [-0.25, -0.2) is 0 Å². The van der Waals surface area contributed by atoms with Gasteiger partial charge in [0.25, 0.3) is 0 Å². The highest BCUT2D eigenvalue weighted by molar-refractivity contribution is 4.89. The molecule has 0 spiro atoms. The Morgan fingerprint density at radius 2 is 1.77 bits per heavy atom. The summed E-state index contributed by atoms with van der Waals surface area (Å²) >= 11 is 0. The summed E-state index contributed by atoms with van der Waals surface area (Å²) in [5, 5.41) is 3.39. The van der Waals surface area contributed by atoms with Crippen LogP contribution in [0.25, 0.3) is 0 Å². The maximum Gasteiger partial charge on any atom is 0.00695 e. The van der Waals surface area contributed by atoms with Gasteiger partial charge in [-0.2, -0.15) is 0 Å². The molecular formula is C12H27N. The molecule has 1 atom stereocenters. The molecule has 80 valence electrons. The molecule has 13 heavy (non-hydrogen) atoms. The van der Waals surface area contributed by atoms with Crippen molar-refractivity contribution in [3.8, 4) is 0 Å². The van der Waals surface area contributed by atoms with Gasteiger partial charge in [-0.3, -0.25) is 0 Å². The SMILES string of the molecule is CC.CCC1(CC)CCC(NC)C1. The molecular weight excluding hydrogens is 158 g/mol. The normalized spacial score (nSPS) is 25.2. The van der Waals surface area contributed by atoms with Crippen molar-refractivity contribution in [3.63, 3.8) is 0 Å². The molecule has 1 N–H and O–H groups in total. The molecule has 1 rings (SSSR count). The molecule has 0 aromatic rings. The lowest BCUT2D eigenvalue weighted by Crippen LogP contribution is -2.24. The summed E-state index contributed by atoms with van der Waals surface area (Å²) < 4.78 is 0. The van der Waals surface area contributed by atoms with E-state index in [1.807, 2.05) is 13.8 Å². The molecule has 1 aliphatic rings. The minimum absolute atomic E-state index is 0.688. The fourth-order valence-electron chi connectivity index (χ4n) is 2.35. The van der Waals surface area contributed by atoms with Crippen molar-refractivity contribution in [1.82, 2.24) is 5.32 Å². The van der Waals surface area contributed by atoms with Gasteiger partial charge < -0.3 is 5.32 Å². The van der Waals surface area contributed by atoms with Crippen molar-refractivity contribution >= 4 is 0 Å². The average Bonchev–Trinajstić information content (AvgIpc) is 2.65. The molecule has 0 radical (unpaired) electrons.